The minimum atomic E-state index is 0. The third-order valence-electron chi connectivity index (χ3n) is 0.614. The largest absolute Gasteiger partial charge is 0.497 e. The Labute approximate surface area is 60.0 Å². The zero-order valence-electron chi connectivity index (χ0n) is 3.92. The second kappa shape index (κ2) is 4.24. The van der Waals surface area contributed by atoms with Crippen LogP contribution in [0.5, 0.6) is 0 Å². The van der Waals surface area contributed by atoms with Gasteiger partial charge in [0.1, 0.15) is 6.61 Å². The van der Waals surface area contributed by atoms with Crippen molar-refractivity contribution in [3.63, 3.8) is 0 Å². The molecule has 0 fully saturated rings. The van der Waals surface area contributed by atoms with E-state index in [1.54, 1.807) is 6.26 Å². The van der Waals surface area contributed by atoms with Gasteiger partial charge in [0.2, 0.25) is 0 Å². The smallest absolute Gasteiger partial charge is 0.106 e. The molecule has 0 spiro atoms. The molecule has 0 aromatic carbocycles. The monoisotopic (exact) mass is 202 g/mol. The van der Waals surface area contributed by atoms with Crippen LogP contribution < -0.4 is 0 Å². The van der Waals surface area contributed by atoms with E-state index in [0.717, 1.165) is 6.61 Å². The van der Waals surface area contributed by atoms with E-state index < -0.39 is 0 Å². The van der Waals surface area contributed by atoms with Crippen LogP contribution in [0.2, 0.25) is 0 Å². The summed E-state index contributed by atoms with van der Waals surface area (Å²) in [4.78, 5) is 0. The van der Waals surface area contributed by atoms with Gasteiger partial charge in [-0.2, -0.15) is 0 Å². The van der Waals surface area contributed by atoms with Gasteiger partial charge in [-0.1, -0.05) is 6.08 Å². The first-order valence-electron chi connectivity index (χ1n) is 1.93. The molecule has 0 atom stereocenters. The van der Waals surface area contributed by atoms with E-state index in [0.29, 0.717) is 0 Å². The van der Waals surface area contributed by atoms with Gasteiger partial charge in [-0.25, -0.2) is 0 Å². The third kappa shape index (κ3) is 2.74. The molecule has 4 radical (unpaired) electrons. The Hall–Kier alpha value is 0.0787. The Balaban J connectivity index is 0.000000360. The molecule has 0 bridgehead atoms. The van der Waals surface area contributed by atoms with Gasteiger partial charge in [-0.15, -0.1) is 0 Å². The molecule has 0 aromatic rings. The minimum Gasteiger partial charge on any atom is -0.497 e. The van der Waals surface area contributed by atoms with Crippen molar-refractivity contribution in [2.75, 3.05) is 6.61 Å². The van der Waals surface area contributed by atoms with Crippen LogP contribution in [0.3, 0.4) is 0 Å². The molecular formula is C5H6OSn. The molecule has 0 saturated heterocycles. The first-order valence-corrected chi connectivity index (χ1v) is 1.93. The zero-order chi connectivity index (χ0) is 4.24. The van der Waals surface area contributed by atoms with Gasteiger partial charge in [-0.3, -0.25) is 0 Å². The zero-order valence-corrected chi connectivity index (χ0v) is 6.78. The molecule has 0 unspecified atom stereocenters. The predicted octanol–water partition coefficient (Wildman–Crippen LogP) is 0.706. The molecule has 0 saturated carbocycles. The summed E-state index contributed by atoms with van der Waals surface area (Å²) in [6.07, 6.45) is 7.47. The van der Waals surface area contributed by atoms with Gasteiger partial charge in [0.25, 0.3) is 0 Å². The van der Waals surface area contributed by atoms with Crippen LogP contribution in [0, 0.1) is 0 Å². The van der Waals surface area contributed by atoms with E-state index in [1.807, 2.05) is 18.2 Å². The Morgan fingerprint density at radius 1 is 1.29 bits per heavy atom. The van der Waals surface area contributed by atoms with Gasteiger partial charge in [-0.05, 0) is 12.2 Å². The Morgan fingerprint density at radius 3 is 2.29 bits per heavy atom. The van der Waals surface area contributed by atoms with E-state index in [4.69, 9.17) is 4.74 Å². The first-order chi connectivity index (χ1) is 3.00. The third-order valence-corrected chi connectivity index (χ3v) is 0.614. The summed E-state index contributed by atoms with van der Waals surface area (Å²) in [5.41, 5.74) is 0. The number of ether oxygens (including phenoxy) is 1. The van der Waals surface area contributed by atoms with Crippen molar-refractivity contribution in [2.24, 2.45) is 0 Å². The summed E-state index contributed by atoms with van der Waals surface area (Å²) in [6.45, 7) is 0.733. The molecule has 1 aliphatic rings. The van der Waals surface area contributed by atoms with Crippen LogP contribution in [0.4, 0.5) is 0 Å². The maximum Gasteiger partial charge on any atom is 0.106 e. The number of hydrogen-bond acceptors (Lipinski definition) is 1. The van der Waals surface area contributed by atoms with Gasteiger partial charge < -0.3 is 4.74 Å². The van der Waals surface area contributed by atoms with Crippen molar-refractivity contribution in [3.8, 4) is 0 Å². The molecule has 7 heavy (non-hydrogen) atoms. The van der Waals surface area contributed by atoms with E-state index in [9.17, 15) is 0 Å². The van der Waals surface area contributed by atoms with Crippen LogP contribution in [0.15, 0.2) is 24.5 Å². The summed E-state index contributed by atoms with van der Waals surface area (Å²) in [5, 5.41) is 0. The van der Waals surface area contributed by atoms with Crippen molar-refractivity contribution in [1.29, 1.82) is 0 Å². The average molecular weight is 201 g/mol. The SMILES string of the molecule is C1=CCOC=C1.[Sn]. The number of rotatable bonds is 0. The van der Waals surface area contributed by atoms with Crippen LogP contribution in [0.1, 0.15) is 0 Å². The fourth-order valence-corrected chi connectivity index (χ4v) is 0.346. The normalized spacial score (nSPS) is 14.9. The Kier molecular flexibility index (Phi) is 4.29. The molecule has 36 valence electrons. The summed E-state index contributed by atoms with van der Waals surface area (Å²) >= 11 is 0. The molecule has 1 heterocycles. The number of allylic oxidation sites excluding steroid dienone is 2. The summed E-state index contributed by atoms with van der Waals surface area (Å²) < 4.78 is 4.80. The first kappa shape index (κ1) is 7.08. The minimum absolute atomic E-state index is 0. The van der Waals surface area contributed by atoms with Crippen LogP contribution in [0.25, 0.3) is 0 Å². The Morgan fingerprint density at radius 2 is 2.14 bits per heavy atom. The fraction of sp³-hybridized carbons (Fsp3) is 0.200. The van der Waals surface area contributed by atoms with Crippen LogP contribution in [-0.4, -0.2) is 30.5 Å². The maximum atomic E-state index is 4.80. The van der Waals surface area contributed by atoms with E-state index in [2.05, 4.69) is 0 Å². The topological polar surface area (TPSA) is 9.23 Å². The standard InChI is InChI=1S/C5H6O.Sn/c1-2-4-6-5-3-1;/h1-4H,5H2;. The molecule has 0 aromatic heterocycles. The van der Waals surface area contributed by atoms with Crippen molar-refractivity contribution >= 4 is 23.9 Å². The van der Waals surface area contributed by atoms with Gasteiger partial charge >= 0.3 is 0 Å². The molecule has 1 aliphatic heterocycles. The molecule has 1 rings (SSSR count). The summed E-state index contributed by atoms with van der Waals surface area (Å²) in [6, 6.07) is 0. The van der Waals surface area contributed by atoms with Crippen LogP contribution >= 0.6 is 0 Å². The van der Waals surface area contributed by atoms with Crippen LogP contribution in [-0.2, 0) is 4.74 Å². The second-order valence-electron chi connectivity index (χ2n) is 1.09. The quantitative estimate of drug-likeness (QED) is 0.524. The average Bonchev–Trinajstić information content (AvgIpc) is 1.72. The summed E-state index contributed by atoms with van der Waals surface area (Å²) in [7, 11) is 0. The summed E-state index contributed by atoms with van der Waals surface area (Å²) in [5.74, 6) is 0. The fourth-order valence-electron chi connectivity index (χ4n) is 0.346. The molecule has 0 N–H and O–H groups in total. The molecule has 2 heteroatoms. The van der Waals surface area contributed by atoms with Gasteiger partial charge in [0.15, 0.2) is 0 Å². The van der Waals surface area contributed by atoms with Crippen molar-refractivity contribution in [1.82, 2.24) is 0 Å². The number of hydrogen-bond donors (Lipinski definition) is 0. The molecule has 0 amide bonds. The molecule has 0 aliphatic carbocycles. The molecule has 1 nitrogen and oxygen atoms in total. The van der Waals surface area contributed by atoms with E-state index in [1.165, 1.54) is 0 Å². The van der Waals surface area contributed by atoms with Gasteiger partial charge in [0.05, 0.1) is 6.26 Å². The predicted molar refractivity (Wildman–Crippen MR) is 30.0 cm³/mol. The van der Waals surface area contributed by atoms with Crippen molar-refractivity contribution in [2.45, 2.75) is 0 Å². The molecular weight excluding hydrogens is 195 g/mol. The van der Waals surface area contributed by atoms with Crippen molar-refractivity contribution < 1.29 is 4.74 Å². The second-order valence-corrected chi connectivity index (χ2v) is 1.09. The maximum absolute atomic E-state index is 4.80. The van der Waals surface area contributed by atoms with Gasteiger partial charge in [0, 0.05) is 23.9 Å². The van der Waals surface area contributed by atoms with Crippen molar-refractivity contribution in [3.05, 3.63) is 24.5 Å². The van der Waals surface area contributed by atoms with E-state index >= 15 is 0 Å². The Bertz CT molecular complexity index is 74.1. The van der Waals surface area contributed by atoms with E-state index in [-0.39, 0.29) is 23.9 Å².